The SMILES string of the molecule is COC(=O)c1cnc(Nc2cc(F)ccc2F)cn1. The highest BCUT2D eigenvalue weighted by molar-refractivity contribution is 5.86. The van der Waals surface area contributed by atoms with Crippen molar-refractivity contribution in [1.82, 2.24) is 9.97 Å². The second-order valence-electron chi connectivity index (χ2n) is 3.53. The molecule has 1 aromatic heterocycles. The lowest BCUT2D eigenvalue weighted by molar-refractivity contribution is 0.0593. The molecule has 7 heteroatoms. The molecule has 1 N–H and O–H groups in total. The predicted molar refractivity (Wildman–Crippen MR) is 63.0 cm³/mol. The molecule has 2 aromatic rings. The maximum atomic E-state index is 13.4. The number of carbonyl (C=O) groups excluding carboxylic acids is 1. The molecule has 0 aliphatic carbocycles. The molecule has 0 bridgehead atoms. The first-order valence-electron chi connectivity index (χ1n) is 5.22. The van der Waals surface area contributed by atoms with Gasteiger partial charge in [0.2, 0.25) is 0 Å². The number of nitrogens with one attached hydrogen (secondary N) is 1. The molecule has 1 heterocycles. The van der Waals surface area contributed by atoms with E-state index in [1.54, 1.807) is 0 Å². The molecular weight excluding hydrogens is 256 g/mol. The Kier molecular flexibility index (Phi) is 3.65. The van der Waals surface area contributed by atoms with E-state index in [1.165, 1.54) is 19.5 Å². The van der Waals surface area contributed by atoms with Gasteiger partial charge in [0, 0.05) is 6.07 Å². The molecule has 0 atom stereocenters. The quantitative estimate of drug-likeness (QED) is 0.862. The van der Waals surface area contributed by atoms with Crippen LogP contribution in [-0.2, 0) is 4.74 Å². The third-order valence-electron chi connectivity index (χ3n) is 2.24. The smallest absolute Gasteiger partial charge is 0.358 e. The Labute approximate surface area is 107 Å². The second kappa shape index (κ2) is 5.38. The van der Waals surface area contributed by atoms with E-state index in [-0.39, 0.29) is 17.2 Å². The number of rotatable bonds is 3. The predicted octanol–water partition coefficient (Wildman–Crippen LogP) is 2.29. The molecule has 0 saturated heterocycles. The van der Waals surface area contributed by atoms with Crippen molar-refractivity contribution < 1.29 is 18.3 Å². The number of hydrogen-bond acceptors (Lipinski definition) is 5. The number of anilines is 2. The van der Waals surface area contributed by atoms with E-state index < -0.39 is 17.6 Å². The molecule has 0 spiro atoms. The fourth-order valence-electron chi connectivity index (χ4n) is 1.33. The number of hydrogen-bond donors (Lipinski definition) is 1. The van der Waals surface area contributed by atoms with Gasteiger partial charge in [0.15, 0.2) is 5.69 Å². The van der Waals surface area contributed by atoms with E-state index in [2.05, 4.69) is 20.0 Å². The minimum atomic E-state index is -0.629. The zero-order valence-corrected chi connectivity index (χ0v) is 9.85. The van der Waals surface area contributed by atoms with Gasteiger partial charge in [-0.3, -0.25) is 0 Å². The molecular formula is C12H9F2N3O2. The molecule has 0 aliphatic rings. The molecule has 0 aliphatic heterocycles. The van der Waals surface area contributed by atoms with Gasteiger partial charge in [-0.15, -0.1) is 0 Å². The van der Waals surface area contributed by atoms with Crippen LogP contribution in [-0.4, -0.2) is 23.0 Å². The molecule has 0 radical (unpaired) electrons. The Bertz CT molecular complexity index is 602. The van der Waals surface area contributed by atoms with Crippen LogP contribution in [0.25, 0.3) is 0 Å². The van der Waals surface area contributed by atoms with Gasteiger partial charge in [0.05, 0.1) is 25.2 Å². The van der Waals surface area contributed by atoms with Crippen LogP contribution in [0.5, 0.6) is 0 Å². The molecule has 1 aromatic carbocycles. The molecule has 0 amide bonds. The number of nitrogens with zero attached hydrogens (tertiary/aromatic N) is 2. The van der Waals surface area contributed by atoms with Crippen LogP contribution in [0.4, 0.5) is 20.3 Å². The number of aromatic nitrogens is 2. The zero-order chi connectivity index (χ0) is 13.8. The first kappa shape index (κ1) is 12.9. The molecule has 0 fully saturated rings. The lowest BCUT2D eigenvalue weighted by atomic mass is 10.3. The summed E-state index contributed by atoms with van der Waals surface area (Å²) in [6.07, 6.45) is 2.39. The highest BCUT2D eigenvalue weighted by Crippen LogP contribution is 2.19. The Balaban J connectivity index is 2.19. The standard InChI is InChI=1S/C12H9F2N3O2/c1-19-12(18)10-5-16-11(6-15-10)17-9-4-7(13)2-3-8(9)14/h2-6H,1H3,(H,16,17). The van der Waals surface area contributed by atoms with Crippen LogP contribution in [0.15, 0.2) is 30.6 Å². The van der Waals surface area contributed by atoms with E-state index in [9.17, 15) is 13.6 Å². The molecule has 98 valence electrons. The van der Waals surface area contributed by atoms with Crippen LogP contribution in [0.3, 0.4) is 0 Å². The van der Waals surface area contributed by atoms with Gasteiger partial charge in [-0.05, 0) is 12.1 Å². The summed E-state index contributed by atoms with van der Waals surface area (Å²) >= 11 is 0. The summed E-state index contributed by atoms with van der Waals surface area (Å²) in [4.78, 5) is 18.8. The first-order chi connectivity index (χ1) is 9.10. The lowest BCUT2D eigenvalue weighted by Crippen LogP contribution is -2.06. The largest absolute Gasteiger partial charge is 0.464 e. The van der Waals surface area contributed by atoms with E-state index in [0.29, 0.717) is 0 Å². The zero-order valence-electron chi connectivity index (χ0n) is 9.85. The Morgan fingerprint density at radius 3 is 2.68 bits per heavy atom. The summed E-state index contributed by atoms with van der Waals surface area (Å²) in [6.45, 7) is 0. The van der Waals surface area contributed by atoms with Crippen LogP contribution in [0, 0.1) is 11.6 Å². The Morgan fingerprint density at radius 2 is 2.05 bits per heavy atom. The van der Waals surface area contributed by atoms with Crippen molar-refractivity contribution in [3.05, 3.63) is 47.9 Å². The van der Waals surface area contributed by atoms with Gasteiger partial charge in [0.25, 0.3) is 0 Å². The number of carbonyl (C=O) groups is 1. The topological polar surface area (TPSA) is 64.1 Å². The molecule has 0 unspecified atom stereocenters. The van der Waals surface area contributed by atoms with Gasteiger partial charge in [0.1, 0.15) is 17.5 Å². The number of methoxy groups -OCH3 is 1. The van der Waals surface area contributed by atoms with Crippen LogP contribution in [0.1, 0.15) is 10.5 Å². The Hall–Kier alpha value is -2.57. The van der Waals surface area contributed by atoms with Crippen molar-refractivity contribution >= 4 is 17.5 Å². The maximum Gasteiger partial charge on any atom is 0.358 e. The number of halogens is 2. The number of benzene rings is 1. The van der Waals surface area contributed by atoms with Gasteiger partial charge < -0.3 is 10.1 Å². The highest BCUT2D eigenvalue weighted by atomic mass is 19.1. The van der Waals surface area contributed by atoms with Crippen molar-refractivity contribution in [2.45, 2.75) is 0 Å². The summed E-state index contributed by atoms with van der Waals surface area (Å²) in [6, 6.07) is 2.99. The van der Waals surface area contributed by atoms with Gasteiger partial charge in [-0.1, -0.05) is 0 Å². The van der Waals surface area contributed by atoms with Crippen molar-refractivity contribution in [2.24, 2.45) is 0 Å². The molecule has 5 nitrogen and oxygen atoms in total. The normalized spacial score (nSPS) is 10.1. The second-order valence-corrected chi connectivity index (χ2v) is 3.53. The first-order valence-corrected chi connectivity index (χ1v) is 5.22. The van der Waals surface area contributed by atoms with E-state index in [4.69, 9.17) is 0 Å². The van der Waals surface area contributed by atoms with E-state index in [0.717, 1.165) is 18.2 Å². The van der Waals surface area contributed by atoms with Crippen LogP contribution >= 0.6 is 0 Å². The van der Waals surface area contributed by atoms with Gasteiger partial charge >= 0.3 is 5.97 Å². The van der Waals surface area contributed by atoms with Gasteiger partial charge in [-0.2, -0.15) is 0 Å². The van der Waals surface area contributed by atoms with E-state index in [1.807, 2.05) is 0 Å². The van der Waals surface area contributed by atoms with Gasteiger partial charge in [-0.25, -0.2) is 23.5 Å². The molecule has 19 heavy (non-hydrogen) atoms. The third-order valence-corrected chi connectivity index (χ3v) is 2.24. The maximum absolute atomic E-state index is 13.4. The monoisotopic (exact) mass is 265 g/mol. The van der Waals surface area contributed by atoms with E-state index >= 15 is 0 Å². The van der Waals surface area contributed by atoms with Crippen molar-refractivity contribution in [2.75, 3.05) is 12.4 Å². The minimum absolute atomic E-state index is 0.0211. The average Bonchev–Trinajstić information content (AvgIpc) is 2.43. The summed E-state index contributed by atoms with van der Waals surface area (Å²) in [5, 5.41) is 2.56. The highest BCUT2D eigenvalue weighted by Gasteiger charge is 2.09. The minimum Gasteiger partial charge on any atom is -0.464 e. The van der Waals surface area contributed by atoms with Crippen LogP contribution in [0.2, 0.25) is 0 Å². The van der Waals surface area contributed by atoms with Crippen LogP contribution < -0.4 is 5.32 Å². The van der Waals surface area contributed by atoms with Crippen molar-refractivity contribution in [3.8, 4) is 0 Å². The fraction of sp³-hybridized carbons (Fsp3) is 0.0833. The fourth-order valence-corrected chi connectivity index (χ4v) is 1.33. The number of ether oxygens (including phenoxy) is 1. The summed E-state index contributed by atoms with van der Waals surface area (Å²) < 4.78 is 30.8. The number of esters is 1. The van der Waals surface area contributed by atoms with Crippen molar-refractivity contribution in [1.29, 1.82) is 0 Å². The lowest BCUT2D eigenvalue weighted by Gasteiger charge is -2.06. The average molecular weight is 265 g/mol. The van der Waals surface area contributed by atoms with Crippen molar-refractivity contribution in [3.63, 3.8) is 0 Å². The summed E-state index contributed by atoms with van der Waals surface area (Å²) in [5.74, 6) is -1.66. The summed E-state index contributed by atoms with van der Waals surface area (Å²) in [5.41, 5.74) is -0.0483. The molecule has 2 rings (SSSR count). The molecule has 0 saturated carbocycles. The third kappa shape index (κ3) is 3.01. The Morgan fingerprint density at radius 1 is 1.26 bits per heavy atom. The summed E-state index contributed by atoms with van der Waals surface area (Å²) in [7, 11) is 1.22.